The van der Waals surface area contributed by atoms with Crippen molar-refractivity contribution in [2.75, 3.05) is 19.7 Å². The van der Waals surface area contributed by atoms with Crippen molar-refractivity contribution in [2.45, 2.75) is 6.92 Å². The molecule has 0 heterocycles. The quantitative estimate of drug-likeness (QED) is 0.199. The van der Waals surface area contributed by atoms with Gasteiger partial charge in [0, 0.05) is 13.1 Å². The molecule has 8 heteroatoms. The number of rotatable bonds is 6. The van der Waals surface area contributed by atoms with Crippen molar-refractivity contribution in [1.29, 1.82) is 0 Å². The third kappa shape index (κ3) is 9.12. The van der Waals surface area contributed by atoms with Crippen molar-refractivity contribution in [3.8, 4) is 0 Å². The normalized spacial score (nSPS) is 14.9. The summed E-state index contributed by atoms with van der Waals surface area (Å²) in [5.41, 5.74) is 7.19. The van der Waals surface area contributed by atoms with Crippen molar-refractivity contribution in [2.24, 2.45) is 5.73 Å². The first-order valence-electron chi connectivity index (χ1n) is 3.19. The zero-order valence-electron chi connectivity index (χ0n) is 7.28. The van der Waals surface area contributed by atoms with Crippen LogP contribution in [0.15, 0.2) is 0 Å². The summed E-state index contributed by atoms with van der Waals surface area (Å²) in [6.07, 6.45) is 0. The Hall–Kier alpha value is 1.03. The van der Waals surface area contributed by atoms with Crippen molar-refractivity contribution in [1.82, 2.24) is 5.48 Å². The molecule has 0 bridgehead atoms. The molecule has 6 nitrogen and oxygen atoms in total. The minimum absolute atomic E-state index is 0. The number of phosphoric acid groups is 1. The summed E-state index contributed by atoms with van der Waals surface area (Å²) in [5.74, 6) is 0. The molecule has 0 aliphatic heterocycles. The number of hydrogen-bond donors (Lipinski definition) is 2. The van der Waals surface area contributed by atoms with Gasteiger partial charge in [-0.15, -0.1) is 0 Å². The summed E-state index contributed by atoms with van der Waals surface area (Å²) in [7, 11) is -4.14. The van der Waals surface area contributed by atoms with Gasteiger partial charge in [-0.25, -0.2) is 4.62 Å². The second kappa shape index (κ2) is 8.62. The SMILES string of the molecule is CCOP(=O)([O-])ONCCN.[Na+]. The first-order valence-corrected chi connectivity index (χ1v) is 4.65. The molecule has 1 atom stereocenters. The molecular formula is C4H12N2NaO4P. The van der Waals surface area contributed by atoms with Gasteiger partial charge in [-0.2, -0.15) is 5.48 Å². The zero-order valence-corrected chi connectivity index (χ0v) is 10.2. The first kappa shape index (κ1) is 15.5. The smallest absolute Gasteiger partial charge is 0.755 e. The van der Waals surface area contributed by atoms with Gasteiger partial charge in [0.25, 0.3) is 7.82 Å². The molecule has 1 unspecified atom stereocenters. The third-order valence-corrected chi connectivity index (χ3v) is 1.64. The maximum Gasteiger partial charge on any atom is 1.00 e. The maximum atomic E-state index is 10.6. The fourth-order valence-corrected chi connectivity index (χ4v) is 0.986. The molecule has 0 spiro atoms. The van der Waals surface area contributed by atoms with E-state index in [9.17, 15) is 9.46 Å². The van der Waals surface area contributed by atoms with Crippen LogP contribution in [0, 0.1) is 0 Å². The van der Waals surface area contributed by atoms with E-state index in [1.807, 2.05) is 0 Å². The van der Waals surface area contributed by atoms with Crippen molar-refractivity contribution in [3.63, 3.8) is 0 Å². The van der Waals surface area contributed by atoms with Crippen molar-refractivity contribution in [3.05, 3.63) is 0 Å². The van der Waals surface area contributed by atoms with Crippen LogP contribution < -0.4 is 45.7 Å². The Morgan fingerprint density at radius 3 is 2.67 bits per heavy atom. The molecule has 0 saturated carbocycles. The van der Waals surface area contributed by atoms with Gasteiger partial charge in [0.15, 0.2) is 0 Å². The van der Waals surface area contributed by atoms with E-state index in [-0.39, 0.29) is 42.7 Å². The predicted octanol–water partition coefficient (Wildman–Crippen LogP) is -4.02. The molecule has 3 N–H and O–H groups in total. The van der Waals surface area contributed by atoms with Crippen LogP contribution in [0.3, 0.4) is 0 Å². The molecule has 68 valence electrons. The molecule has 0 radical (unpaired) electrons. The van der Waals surface area contributed by atoms with Crippen LogP contribution in [0.5, 0.6) is 0 Å². The monoisotopic (exact) mass is 206 g/mol. The number of hydroxylamine groups is 1. The van der Waals surface area contributed by atoms with Crippen LogP contribution in [0.25, 0.3) is 0 Å². The molecule has 0 rings (SSSR count). The minimum atomic E-state index is -4.14. The van der Waals surface area contributed by atoms with Crippen molar-refractivity contribution >= 4 is 7.82 Å². The topological polar surface area (TPSA) is 96.6 Å². The van der Waals surface area contributed by atoms with Gasteiger partial charge in [0.2, 0.25) is 0 Å². The molecule has 0 aromatic heterocycles. The molecule has 0 aliphatic rings. The molecule has 0 aromatic rings. The average Bonchev–Trinajstić information content (AvgIpc) is 1.87. The molecule has 0 saturated heterocycles. The van der Waals surface area contributed by atoms with Gasteiger partial charge in [-0.05, 0) is 6.92 Å². The second-order valence-electron chi connectivity index (χ2n) is 1.64. The number of hydrogen-bond acceptors (Lipinski definition) is 6. The molecule has 0 amide bonds. The molecule has 12 heavy (non-hydrogen) atoms. The first-order chi connectivity index (χ1) is 5.12. The minimum Gasteiger partial charge on any atom is -0.755 e. The van der Waals surface area contributed by atoms with Gasteiger partial charge >= 0.3 is 29.6 Å². The summed E-state index contributed by atoms with van der Waals surface area (Å²) in [6.45, 7) is 2.17. The van der Waals surface area contributed by atoms with E-state index in [4.69, 9.17) is 5.73 Å². The number of nitrogens with one attached hydrogen (secondary N) is 1. The van der Waals surface area contributed by atoms with E-state index < -0.39 is 7.82 Å². The summed E-state index contributed by atoms with van der Waals surface area (Å²) < 4.78 is 19.0. The van der Waals surface area contributed by atoms with Crippen LogP contribution in [-0.4, -0.2) is 19.7 Å². The summed E-state index contributed by atoms with van der Waals surface area (Å²) in [5, 5.41) is 0. The van der Waals surface area contributed by atoms with E-state index in [0.29, 0.717) is 6.54 Å². The fourth-order valence-electron chi connectivity index (χ4n) is 0.368. The molecular weight excluding hydrogens is 194 g/mol. The van der Waals surface area contributed by atoms with E-state index in [0.717, 1.165) is 0 Å². The third-order valence-electron chi connectivity index (χ3n) is 0.710. The maximum absolute atomic E-state index is 10.6. The largest absolute Gasteiger partial charge is 1.00 e. The Morgan fingerprint density at radius 2 is 2.25 bits per heavy atom. The average molecular weight is 206 g/mol. The van der Waals surface area contributed by atoms with Crippen molar-refractivity contribution < 1.29 is 48.2 Å². The summed E-state index contributed by atoms with van der Waals surface area (Å²) >= 11 is 0. The van der Waals surface area contributed by atoms with E-state index in [1.54, 1.807) is 6.92 Å². The predicted molar refractivity (Wildman–Crippen MR) is 37.4 cm³/mol. The van der Waals surface area contributed by atoms with Gasteiger partial charge < -0.3 is 15.2 Å². The van der Waals surface area contributed by atoms with E-state index in [1.165, 1.54) is 0 Å². The Labute approximate surface area is 93.7 Å². The standard InChI is InChI=1S/C4H13N2O4P.Na/c1-2-9-11(7,8)10-6-4-3-5;/h6H,2-5H2,1H3,(H,7,8);/q;+1/p-1. The number of nitrogens with two attached hydrogens (primary N) is 1. The molecule has 0 aromatic carbocycles. The Kier molecular flexibility index (Phi) is 11.1. The Balaban J connectivity index is 0. The zero-order chi connectivity index (χ0) is 8.74. The van der Waals surface area contributed by atoms with Crippen LogP contribution in [0.1, 0.15) is 6.92 Å². The molecule has 0 aliphatic carbocycles. The van der Waals surface area contributed by atoms with Gasteiger partial charge in [-0.3, -0.25) is 4.57 Å². The van der Waals surface area contributed by atoms with Gasteiger partial charge in [-0.1, -0.05) is 0 Å². The Morgan fingerprint density at radius 1 is 1.67 bits per heavy atom. The van der Waals surface area contributed by atoms with Crippen LogP contribution in [0.4, 0.5) is 0 Å². The van der Waals surface area contributed by atoms with E-state index in [2.05, 4.69) is 14.6 Å². The van der Waals surface area contributed by atoms with Gasteiger partial charge in [0.05, 0.1) is 6.61 Å². The van der Waals surface area contributed by atoms with Gasteiger partial charge in [0.1, 0.15) is 0 Å². The molecule has 0 fully saturated rings. The fraction of sp³-hybridized carbons (Fsp3) is 1.00. The van der Waals surface area contributed by atoms with E-state index >= 15 is 0 Å². The van der Waals surface area contributed by atoms with Crippen LogP contribution >= 0.6 is 7.82 Å². The second-order valence-corrected chi connectivity index (χ2v) is 2.97. The van der Waals surface area contributed by atoms with Crippen LogP contribution in [-0.2, 0) is 13.7 Å². The summed E-state index contributed by atoms with van der Waals surface area (Å²) in [6, 6.07) is 0. The van der Waals surface area contributed by atoms with Crippen LogP contribution in [0.2, 0.25) is 0 Å². The number of phosphoric ester groups is 1. The Bertz CT molecular complexity index is 147. The summed E-state index contributed by atoms with van der Waals surface area (Å²) in [4.78, 5) is 10.6.